The summed E-state index contributed by atoms with van der Waals surface area (Å²) in [6, 6.07) is 0. The number of likely N-dealkylation sites (N-methyl/N-ethyl adjacent to an activating group) is 1. The van der Waals surface area contributed by atoms with Crippen molar-refractivity contribution in [2.24, 2.45) is 0 Å². The quantitative estimate of drug-likeness (QED) is 0.0211. The molecule has 2 atom stereocenters. The molecule has 0 aliphatic carbocycles. The van der Waals surface area contributed by atoms with Gasteiger partial charge in [0.15, 0.2) is 6.10 Å². The maximum atomic E-state index is 12.9. The Balaban J connectivity index is 4.41. The number of carboxylic acids is 1. The Morgan fingerprint density at radius 1 is 0.345 bits per heavy atom. The molecule has 0 fully saturated rings. The summed E-state index contributed by atoms with van der Waals surface area (Å²) in [5, 5.41) is 9.72. The van der Waals surface area contributed by atoms with Crippen molar-refractivity contribution in [1.29, 1.82) is 0 Å². The van der Waals surface area contributed by atoms with Gasteiger partial charge in [-0.2, -0.15) is 0 Å². The monoisotopic (exact) mass is 1190 g/mol. The summed E-state index contributed by atoms with van der Waals surface area (Å²) in [6.07, 6.45) is 103. The third kappa shape index (κ3) is 66.7. The van der Waals surface area contributed by atoms with E-state index in [-0.39, 0.29) is 32.7 Å². The minimum atomic E-state index is -1.55. The maximum absolute atomic E-state index is 12.9. The fourth-order valence-electron chi connectivity index (χ4n) is 7.51. The largest absolute Gasteiger partial charge is 0.477 e. The molecule has 0 aromatic carbocycles. The molecule has 0 bridgehead atoms. The molecule has 0 aliphatic rings. The number of hydrogen-bond acceptors (Lipinski definition) is 7. The average molecular weight is 1200 g/mol. The van der Waals surface area contributed by atoms with Gasteiger partial charge in [-0.3, -0.25) is 9.59 Å². The van der Waals surface area contributed by atoms with E-state index in [4.69, 9.17) is 18.9 Å². The van der Waals surface area contributed by atoms with Gasteiger partial charge in [-0.25, -0.2) is 4.79 Å². The molecule has 1 N–H and O–H groups in total. The number of nitrogens with zero attached hydrogens (tertiary/aromatic N) is 1. The van der Waals surface area contributed by atoms with Crippen LogP contribution in [0.2, 0.25) is 0 Å². The highest BCUT2D eigenvalue weighted by Gasteiger charge is 2.25. The minimum Gasteiger partial charge on any atom is -0.477 e. The number of unbranched alkanes of at least 4 members (excludes halogenated alkanes) is 3. The Morgan fingerprint density at radius 3 is 0.908 bits per heavy atom. The van der Waals surface area contributed by atoms with E-state index in [1.54, 1.807) is 0 Å². The highest BCUT2D eigenvalue weighted by atomic mass is 16.7. The van der Waals surface area contributed by atoms with Crippen LogP contribution in [0.15, 0.2) is 231 Å². The lowest BCUT2D eigenvalue weighted by atomic mass is 10.2. The van der Waals surface area contributed by atoms with Crippen molar-refractivity contribution in [3.05, 3.63) is 231 Å². The normalized spacial score (nSPS) is 14.3. The van der Waals surface area contributed by atoms with E-state index in [2.05, 4.69) is 245 Å². The van der Waals surface area contributed by atoms with Gasteiger partial charge >= 0.3 is 17.9 Å². The van der Waals surface area contributed by atoms with E-state index in [9.17, 15) is 19.5 Å². The Bertz CT molecular complexity index is 2270. The highest BCUT2D eigenvalue weighted by Crippen LogP contribution is 2.10. The van der Waals surface area contributed by atoms with Crippen LogP contribution >= 0.6 is 0 Å². The summed E-state index contributed by atoms with van der Waals surface area (Å²) in [5.74, 6) is -2.18. The number of carbonyl (C=O) groups excluding carboxylic acids is 2. The molecule has 0 radical (unpaired) electrons. The van der Waals surface area contributed by atoms with Crippen LogP contribution < -0.4 is 0 Å². The van der Waals surface area contributed by atoms with Crippen molar-refractivity contribution in [1.82, 2.24) is 0 Å². The lowest BCUT2D eigenvalue weighted by molar-refractivity contribution is -0.870. The molecule has 9 heteroatoms. The van der Waals surface area contributed by atoms with Crippen molar-refractivity contribution in [3.8, 4) is 0 Å². The number of carbonyl (C=O) groups is 3. The highest BCUT2D eigenvalue weighted by molar-refractivity contribution is 5.71. The number of allylic oxidation sites excluding steroid dienone is 38. The summed E-state index contributed by atoms with van der Waals surface area (Å²) in [7, 11) is 5.92. The molecular formula is C78H116NO8+. The molecule has 0 amide bonds. The van der Waals surface area contributed by atoms with Gasteiger partial charge < -0.3 is 28.5 Å². The van der Waals surface area contributed by atoms with Crippen molar-refractivity contribution in [2.45, 2.75) is 193 Å². The van der Waals surface area contributed by atoms with E-state index in [0.29, 0.717) is 23.9 Å². The van der Waals surface area contributed by atoms with E-state index in [0.717, 1.165) is 141 Å². The first-order valence-electron chi connectivity index (χ1n) is 32.5. The van der Waals surface area contributed by atoms with E-state index >= 15 is 0 Å². The first-order valence-corrected chi connectivity index (χ1v) is 32.5. The van der Waals surface area contributed by atoms with Gasteiger partial charge in [0, 0.05) is 12.8 Å². The molecule has 0 aliphatic heterocycles. The van der Waals surface area contributed by atoms with Gasteiger partial charge in [0.25, 0.3) is 6.29 Å². The number of carboxylic acid groups (broad SMARTS) is 1. The second kappa shape index (κ2) is 65.3. The molecular weight excluding hydrogens is 1080 g/mol. The van der Waals surface area contributed by atoms with Gasteiger partial charge in [-0.05, 0) is 154 Å². The number of rotatable bonds is 56. The van der Waals surface area contributed by atoms with Crippen LogP contribution in [-0.4, -0.2) is 87.4 Å². The summed E-state index contributed by atoms with van der Waals surface area (Å²) in [4.78, 5) is 37.5. The maximum Gasteiger partial charge on any atom is 0.361 e. The number of hydrogen-bond donors (Lipinski definition) is 1. The molecule has 9 nitrogen and oxygen atoms in total. The molecule has 480 valence electrons. The van der Waals surface area contributed by atoms with Crippen molar-refractivity contribution in [3.63, 3.8) is 0 Å². The third-order valence-corrected chi connectivity index (χ3v) is 12.4. The third-order valence-electron chi connectivity index (χ3n) is 12.4. The Labute approximate surface area is 529 Å². The molecule has 0 saturated carbocycles. The zero-order valence-electron chi connectivity index (χ0n) is 54.6. The molecule has 0 spiro atoms. The number of quaternary nitrogens is 1. The Hall–Kier alpha value is -6.65. The summed E-state index contributed by atoms with van der Waals surface area (Å²) in [6.45, 7) is 4.48. The molecule has 0 aromatic rings. The van der Waals surface area contributed by atoms with Crippen molar-refractivity contribution in [2.75, 3.05) is 47.5 Å². The van der Waals surface area contributed by atoms with E-state index < -0.39 is 30.3 Å². The van der Waals surface area contributed by atoms with Gasteiger partial charge in [-0.15, -0.1) is 0 Å². The molecule has 0 heterocycles. The fraction of sp³-hybridized carbons (Fsp3) is 0.474. The molecule has 0 saturated heterocycles. The predicted molar refractivity (Wildman–Crippen MR) is 372 cm³/mol. The standard InChI is InChI=1S/C78H115NO8/c1-6-8-10-12-14-16-18-20-22-24-26-28-30-31-32-33-34-35-36-37-38-39-40-41-42-43-44-45-47-49-51-53-55-57-59-61-63-65-67-69-76(81)87-74(73-86-78(77(82)83)84-71-70-79(3,4)5)72-85-75(80)68-66-64-62-60-58-56-54-52-50-48-46-29-27-25-23-21-19-17-15-13-11-9-7-2/h8-11,14-17,20-23,26-29,31-32,34-35,37-38,40-41,43-44,47-50,53-56,59-62,74,78H,6-7,12-13,18-19,24-25,30,33,36,39,42,45-46,51-52,57-58,63-73H2,1-5H3/p+1/b10-8-,11-9-,16-14-,17-15-,22-20-,23-21-,28-26-,29-27-,32-31-,35-34-,38-37-,41-40-,44-43-,49-47-,50-48-,55-53-,56-54-,61-59-,62-60-. The summed E-state index contributed by atoms with van der Waals surface area (Å²) >= 11 is 0. The van der Waals surface area contributed by atoms with Crippen LogP contribution in [0.5, 0.6) is 0 Å². The first-order chi connectivity index (χ1) is 42.6. The lowest BCUT2D eigenvalue weighted by Gasteiger charge is -2.25. The Kier molecular flexibility index (Phi) is 60.3. The molecule has 0 aromatic heterocycles. The van der Waals surface area contributed by atoms with Crippen LogP contribution in [0.25, 0.3) is 0 Å². The zero-order valence-corrected chi connectivity index (χ0v) is 54.6. The van der Waals surface area contributed by atoms with Gasteiger partial charge in [0.05, 0.1) is 34.4 Å². The fourth-order valence-corrected chi connectivity index (χ4v) is 7.51. The van der Waals surface area contributed by atoms with Gasteiger partial charge in [-0.1, -0.05) is 245 Å². The summed E-state index contributed by atoms with van der Waals surface area (Å²) in [5.41, 5.74) is 0. The molecule has 2 unspecified atom stereocenters. The van der Waals surface area contributed by atoms with Crippen LogP contribution in [0, 0.1) is 0 Å². The second-order valence-corrected chi connectivity index (χ2v) is 21.6. The van der Waals surface area contributed by atoms with Crippen LogP contribution in [0.1, 0.15) is 181 Å². The zero-order chi connectivity index (χ0) is 63.3. The van der Waals surface area contributed by atoms with Crippen LogP contribution in [0.4, 0.5) is 0 Å². The van der Waals surface area contributed by atoms with Crippen molar-refractivity contribution < 1.29 is 42.9 Å². The average Bonchev–Trinajstić information content (AvgIpc) is 3.55. The topological polar surface area (TPSA) is 108 Å². The number of esters is 2. The van der Waals surface area contributed by atoms with Crippen LogP contribution in [-0.2, 0) is 33.3 Å². The smallest absolute Gasteiger partial charge is 0.361 e. The van der Waals surface area contributed by atoms with Crippen molar-refractivity contribution >= 4 is 17.9 Å². The lowest BCUT2D eigenvalue weighted by Crippen LogP contribution is -2.40. The van der Waals surface area contributed by atoms with Crippen LogP contribution in [0.3, 0.4) is 0 Å². The van der Waals surface area contributed by atoms with E-state index in [1.165, 1.54) is 0 Å². The molecule has 87 heavy (non-hydrogen) atoms. The first kappa shape index (κ1) is 80.3. The van der Waals surface area contributed by atoms with Gasteiger partial charge in [0.1, 0.15) is 13.2 Å². The SMILES string of the molecule is CC/C=C\C/C=C\C/C=C\C/C=C\C/C=C\C/C=C\C/C=C\C/C=C\C/C=C\C/C=C\C/C=C\C/C=C\CCCCC(=O)OC(COC(=O)CCC/C=C\C/C=C\C/C=C\C/C=C\C/C=C\C/C=C\C/C=C\CC)COC(OCC[N+](C)(C)C)C(=O)O. The Morgan fingerprint density at radius 2 is 0.621 bits per heavy atom. The summed E-state index contributed by atoms with van der Waals surface area (Å²) < 4.78 is 22.8. The number of ether oxygens (including phenoxy) is 4. The van der Waals surface area contributed by atoms with Gasteiger partial charge in [0.2, 0.25) is 0 Å². The number of aliphatic carboxylic acids is 1. The predicted octanol–water partition coefficient (Wildman–Crippen LogP) is 20.3. The molecule has 0 rings (SSSR count). The minimum absolute atomic E-state index is 0.155. The second-order valence-electron chi connectivity index (χ2n) is 21.6. The van der Waals surface area contributed by atoms with E-state index in [1.807, 2.05) is 21.1 Å².